The van der Waals surface area contributed by atoms with E-state index in [0.29, 0.717) is 0 Å². The molecule has 0 amide bonds. The average Bonchev–Trinajstić information content (AvgIpc) is 2.55. The zero-order valence-electron chi connectivity index (χ0n) is 11.9. The summed E-state index contributed by atoms with van der Waals surface area (Å²) in [5, 5.41) is 6.77. The number of anilines is 1. The summed E-state index contributed by atoms with van der Waals surface area (Å²) in [5.74, 6) is 1.74. The van der Waals surface area contributed by atoms with E-state index in [-0.39, 0.29) is 0 Å². The molecule has 5 nitrogen and oxygen atoms in total. The number of hydrogen-bond acceptors (Lipinski definition) is 5. The van der Waals surface area contributed by atoms with Gasteiger partial charge >= 0.3 is 0 Å². The van der Waals surface area contributed by atoms with Crippen LogP contribution in [-0.4, -0.2) is 43.7 Å². The van der Waals surface area contributed by atoms with E-state index in [1.54, 1.807) is 0 Å². The van der Waals surface area contributed by atoms with E-state index in [9.17, 15) is 0 Å². The maximum atomic E-state index is 4.45. The van der Waals surface area contributed by atoms with E-state index in [2.05, 4.69) is 37.6 Å². The minimum atomic E-state index is 0.750. The van der Waals surface area contributed by atoms with Crippen molar-refractivity contribution in [3.8, 4) is 0 Å². The number of rotatable bonds is 3. The van der Waals surface area contributed by atoms with E-state index in [1.807, 2.05) is 12.4 Å². The molecule has 0 saturated carbocycles. The van der Waals surface area contributed by atoms with Crippen LogP contribution >= 0.6 is 0 Å². The summed E-state index contributed by atoms with van der Waals surface area (Å²) in [7, 11) is 0. The number of guanidine groups is 1. The first-order valence-corrected chi connectivity index (χ1v) is 7.59. The monoisotopic (exact) mass is 273 g/mol. The van der Waals surface area contributed by atoms with Gasteiger partial charge in [0.15, 0.2) is 5.96 Å². The highest BCUT2D eigenvalue weighted by Gasteiger charge is 2.19. The summed E-state index contributed by atoms with van der Waals surface area (Å²) in [6.45, 7) is 5.31. The molecule has 0 bridgehead atoms. The molecule has 2 N–H and O–H groups in total. The first-order chi connectivity index (χ1) is 9.92. The van der Waals surface area contributed by atoms with Gasteiger partial charge in [0.05, 0.1) is 0 Å². The lowest BCUT2D eigenvalue weighted by Gasteiger charge is -2.34. The predicted molar refractivity (Wildman–Crippen MR) is 82.1 cm³/mol. The molecule has 1 fully saturated rings. The minimum Gasteiger partial charge on any atom is -0.371 e. The summed E-state index contributed by atoms with van der Waals surface area (Å²) in [6.07, 6.45) is 7.37. The van der Waals surface area contributed by atoms with Gasteiger partial charge < -0.3 is 15.5 Å². The van der Waals surface area contributed by atoms with Crippen molar-refractivity contribution < 1.29 is 0 Å². The van der Waals surface area contributed by atoms with Crippen LogP contribution < -0.4 is 15.5 Å². The molecule has 108 valence electrons. The fraction of sp³-hybridized carbons (Fsp3) is 0.600. The van der Waals surface area contributed by atoms with Crippen molar-refractivity contribution in [1.82, 2.24) is 15.6 Å². The smallest absolute Gasteiger partial charge is 0.191 e. The molecule has 1 aromatic heterocycles. The van der Waals surface area contributed by atoms with Gasteiger partial charge in [0.2, 0.25) is 0 Å². The maximum Gasteiger partial charge on any atom is 0.191 e. The first-order valence-electron chi connectivity index (χ1n) is 7.59. The van der Waals surface area contributed by atoms with Crippen LogP contribution in [0.5, 0.6) is 0 Å². The van der Waals surface area contributed by atoms with Crippen molar-refractivity contribution >= 4 is 11.6 Å². The summed E-state index contributed by atoms with van der Waals surface area (Å²) >= 11 is 0. The molecular formula is C15H23N5. The van der Waals surface area contributed by atoms with Crippen LogP contribution in [0.2, 0.25) is 0 Å². The topological polar surface area (TPSA) is 52.5 Å². The Morgan fingerprint density at radius 2 is 2.05 bits per heavy atom. The molecule has 2 aliphatic rings. The van der Waals surface area contributed by atoms with Crippen LogP contribution in [0.15, 0.2) is 29.5 Å². The fourth-order valence-corrected chi connectivity index (χ4v) is 2.84. The third-order valence-corrected chi connectivity index (χ3v) is 4.10. The number of pyridine rings is 1. The fourth-order valence-electron chi connectivity index (χ4n) is 2.84. The van der Waals surface area contributed by atoms with E-state index in [0.717, 1.165) is 51.0 Å². The average molecular weight is 273 g/mol. The summed E-state index contributed by atoms with van der Waals surface area (Å²) < 4.78 is 0. The summed E-state index contributed by atoms with van der Waals surface area (Å²) in [4.78, 5) is 11.0. The Bertz CT molecular complexity index is 437. The van der Waals surface area contributed by atoms with Crippen LogP contribution in [0.3, 0.4) is 0 Å². The molecule has 0 spiro atoms. The molecule has 0 radical (unpaired) electrons. The van der Waals surface area contributed by atoms with Gasteiger partial charge in [-0.05, 0) is 37.3 Å². The van der Waals surface area contributed by atoms with Gasteiger partial charge in [-0.1, -0.05) is 0 Å². The van der Waals surface area contributed by atoms with E-state index < -0.39 is 0 Å². The molecular weight excluding hydrogens is 250 g/mol. The van der Waals surface area contributed by atoms with Crippen LogP contribution in [0, 0.1) is 5.92 Å². The molecule has 0 atom stereocenters. The number of hydrogen-bond donors (Lipinski definition) is 2. The number of nitrogens with zero attached hydrogens (tertiary/aromatic N) is 3. The van der Waals surface area contributed by atoms with Gasteiger partial charge in [-0.3, -0.25) is 9.98 Å². The van der Waals surface area contributed by atoms with Crippen LogP contribution in [0.4, 0.5) is 5.69 Å². The van der Waals surface area contributed by atoms with Gasteiger partial charge in [-0.15, -0.1) is 0 Å². The van der Waals surface area contributed by atoms with Gasteiger partial charge in [0, 0.05) is 50.8 Å². The number of aromatic nitrogens is 1. The van der Waals surface area contributed by atoms with E-state index in [1.165, 1.54) is 18.5 Å². The molecule has 0 unspecified atom stereocenters. The van der Waals surface area contributed by atoms with Crippen LogP contribution in [-0.2, 0) is 0 Å². The normalized spacial score (nSPS) is 20.2. The predicted octanol–water partition coefficient (Wildman–Crippen LogP) is 1.24. The molecule has 3 rings (SSSR count). The van der Waals surface area contributed by atoms with Gasteiger partial charge in [0.1, 0.15) is 0 Å². The number of aliphatic imine (C=N–C) groups is 1. The lowest BCUT2D eigenvalue weighted by atomic mass is 9.96. The summed E-state index contributed by atoms with van der Waals surface area (Å²) in [6, 6.07) is 4.19. The minimum absolute atomic E-state index is 0.750. The van der Waals surface area contributed by atoms with Gasteiger partial charge in [-0.2, -0.15) is 0 Å². The molecule has 3 heterocycles. The van der Waals surface area contributed by atoms with Crippen molar-refractivity contribution in [3.63, 3.8) is 0 Å². The lowest BCUT2D eigenvalue weighted by Crippen LogP contribution is -2.44. The highest BCUT2D eigenvalue weighted by Crippen LogP contribution is 2.22. The van der Waals surface area contributed by atoms with Crippen molar-refractivity contribution in [2.75, 3.05) is 37.6 Å². The Kier molecular flexibility index (Phi) is 4.35. The molecule has 0 aliphatic carbocycles. The van der Waals surface area contributed by atoms with Gasteiger partial charge in [0.25, 0.3) is 0 Å². The number of piperidine rings is 1. The molecule has 2 aliphatic heterocycles. The van der Waals surface area contributed by atoms with Crippen LogP contribution in [0.25, 0.3) is 0 Å². The van der Waals surface area contributed by atoms with Crippen molar-refractivity contribution in [1.29, 1.82) is 0 Å². The number of nitrogens with one attached hydrogen (secondary N) is 2. The van der Waals surface area contributed by atoms with Gasteiger partial charge in [-0.25, -0.2) is 0 Å². The third-order valence-electron chi connectivity index (χ3n) is 4.10. The standard InChI is InChI=1S/C15H23N5/c1-6-17-15(18-7-1)19-12-13-4-10-20(11-5-13)14-2-8-16-9-3-14/h2-3,8-9,13H,1,4-7,10-12H2,(H2,17,18,19). The molecule has 5 heteroatoms. The second kappa shape index (κ2) is 6.59. The third kappa shape index (κ3) is 3.40. The van der Waals surface area contributed by atoms with Crippen molar-refractivity contribution in [2.45, 2.75) is 19.3 Å². The zero-order chi connectivity index (χ0) is 13.6. The zero-order valence-corrected chi connectivity index (χ0v) is 11.9. The molecule has 1 aromatic rings. The molecule has 0 aromatic carbocycles. The molecule has 1 saturated heterocycles. The Labute approximate surface area is 120 Å². The largest absolute Gasteiger partial charge is 0.371 e. The summed E-state index contributed by atoms with van der Waals surface area (Å²) in [5.41, 5.74) is 1.30. The maximum absolute atomic E-state index is 4.45. The highest BCUT2D eigenvalue weighted by atomic mass is 15.2. The SMILES string of the molecule is c1cc(N2CCC(CNC3=NCCCN3)CC2)ccn1. The Hall–Kier alpha value is -1.78. The first kappa shape index (κ1) is 13.2. The quantitative estimate of drug-likeness (QED) is 0.870. The van der Waals surface area contributed by atoms with E-state index in [4.69, 9.17) is 0 Å². The highest BCUT2D eigenvalue weighted by molar-refractivity contribution is 5.80. The lowest BCUT2D eigenvalue weighted by molar-refractivity contribution is 0.400. The van der Waals surface area contributed by atoms with Crippen molar-refractivity contribution in [2.24, 2.45) is 10.9 Å². The van der Waals surface area contributed by atoms with Crippen LogP contribution in [0.1, 0.15) is 19.3 Å². The van der Waals surface area contributed by atoms with E-state index >= 15 is 0 Å². The Balaban J connectivity index is 1.43. The Morgan fingerprint density at radius 1 is 1.25 bits per heavy atom. The second-order valence-corrected chi connectivity index (χ2v) is 5.53. The Morgan fingerprint density at radius 3 is 2.75 bits per heavy atom. The molecule has 20 heavy (non-hydrogen) atoms. The van der Waals surface area contributed by atoms with Crippen molar-refractivity contribution in [3.05, 3.63) is 24.5 Å². The second-order valence-electron chi connectivity index (χ2n) is 5.53.